The summed E-state index contributed by atoms with van der Waals surface area (Å²) in [4.78, 5) is 12.8. The van der Waals surface area contributed by atoms with Gasteiger partial charge in [0.05, 0.1) is 8.66 Å². The van der Waals surface area contributed by atoms with Gasteiger partial charge in [-0.05, 0) is 58.4 Å². The van der Waals surface area contributed by atoms with Crippen molar-refractivity contribution in [3.8, 4) is 5.69 Å². The third-order valence-electron chi connectivity index (χ3n) is 2.80. The van der Waals surface area contributed by atoms with E-state index in [1.807, 2.05) is 59.4 Å². The van der Waals surface area contributed by atoms with E-state index < -0.39 is 0 Å². The van der Waals surface area contributed by atoms with E-state index in [1.165, 1.54) is 11.3 Å². The molecule has 100 valence electrons. The lowest BCUT2D eigenvalue weighted by Crippen LogP contribution is -2.10. The zero-order valence-electron chi connectivity index (χ0n) is 10.4. The Bertz CT molecular complexity index is 734. The number of aromatic nitrogens is 1. The maximum atomic E-state index is 12.1. The minimum atomic E-state index is -0.0923. The number of rotatable bonds is 3. The summed E-state index contributed by atoms with van der Waals surface area (Å²) in [6.45, 7) is 0. The Balaban J connectivity index is 1.81. The molecule has 1 aromatic carbocycles. The van der Waals surface area contributed by atoms with Crippen LogP contribution in [0.25, 0.3) is 5.69 Å². The van der Waals surface area contributed by atoms with Gasteiger partial charge in [0.25, 0.3) is 5.91 Å². The first-order valence-corrected chi connectivity index (χ1v) is 7.63. The molecule has 0 bridgehead atoms. The average molecular weight is 347 g/mol. The second-order valence-corrected chi connectivity index (χ2v) is 6.66. The van der Waals surface area contributed by atoms with Gasteiger partial charge < -0.3 is 9.88 Å². The molecule has 3 nitrogen and oxygen atoms in total. The molecule has 0 unspecified atom stereocenters. The van der Waals surface area contributed by atoms with Crippen molar-refractivity contribution >= 4 is 38.9 Å². The fourth-order valence-corrected chi connectivity index (χ4v) is 3.16. The smallest absolute Gasteiger partial charge is 0.265 e. The second-order valence-electron chi connectivity index (χ2n) is 4.20. The number of hydrogen-bond donors (Lipinski definition) is 1. The van der Waals surface area contributed by atoms with Crippen molar-refractivity contribution in [3.63, 3.8) is 0 Å². The van der Waals surface area contributed by atoms with Gasteiger partial charge >= 0.3 is 0 Å². The van der Waals surface area contributed by atoms with Crippen LogP contribution >= 0.6 is 27.3 Å². The average Bonchev–Trinajstić information content (AvgIpc) is 3.10. The number of thiophene rings is 1. The Morgan fingerprint density at radius 1 is 1.10 bits per heavy atom. The molecule has 3 rings (SSSR count). The Morgan fingerprint density at radius 2 is 1.90 bits per heavy atom. The van der Waals surface area contributed by atoms with Crippen LogP contribution in [0, 0.1) is 0 Å². The van der Waals surface area contributed by atoms with Crippen molar-refractivity contribution in [1.29, 1.82) is 0 Å². The highest BCUT2D eigenvalue weighted by Gasteiger charge is 2.09. The van der Waals surface area contributed by atoms with Crippen LogP contribution in [0.15, 0.2) is 64.7 Å². The third kappa shape index (κ3) is 2.84. The maximum absolute atomic E-state index is 12.1. The highest BCUT2D eigenvalue weighted by Crippen LogP contribution is 2.23. The summed E-state index contributed by atoms with van der Waals surface area (Å²) in [6.07, 6.45) is 3.94. The maximum Gasteiger partial charge on any atom is 0.265 e. The van der Waals surface area contributed by atoms with Gasteiger partial charge in [-0.2, -0.15) is 0 Å². The summed E-state index contributed by atoms with van der Waals surface area (Å²) in [5.41, 5.74) is 1.80. The Hall–Kier alpha value is -1.85. The van der Waals surface area contributed by atoms with Crippen LogP contribution in [0.1, 0.15) is 9.67 Å². The molecule has 20 heavy (non-hydrogen) atoms. The van der Waals surface area contributed by atoms with Crippen molar-refractivity contribution in [2.75, 3.05) is 5.32 Å². The number of carbonyl (C=O) groups is 1. The van der Waals surface area contributed by atoms with Crippen LogP contribution in [0.2, 0.25) is 0 Å². The zero-order valence-corrected chi connectivity index (χ0v) is 12.8. The van der Waals surface area contributed by atoms with Crippen LogP contribution in [0.3, 0.4) is 0 Å². The summed E-state index contributed by atoms with van der Waals surface area (Å²) >= 11 is 4.78. The van der Waals surface area contributed by atoms with Crippen molar-refractivity contribution < 1.29 is 4.79 Å². The number of carbonyl (C=O) groups excluding carboxylic acids is 1. The Kier molecular flexibility index (Phi) is 3.71. The number of amides is 1. The normalized spacial score (nSPS) is 10.4. The van der Waals surface area contributed by atoms with Crippen LogP contribution in [-0.2, 0) is 0 Å². The van der Waals surface area contributed by atoms with Gasteiger partial charge in [-0.3, -0.25) is 4.79 Å². The number of benzene rings is 1. The monoisotopic (exact) mass is 346 g/mol. The van der Waals surface area contributed by atoms with E-state index in [2.05, 4.69) is 21.2 Å². The molecule has 0 aliphatic heterocycles. The van der Waals surface area contributed by atoms with Gasteiger partial charge in [0.2, 0.25) is 0 Å². The molecule has 0 radical (unpaired) electrons. The minimum absolute atomic E-state index is 0.0923. The van der Waals surface area contributed by atoms with E-state index in [4.69, 9.17) is 0 Å². The van der Waals surface area contributed by atoms with Crippen molar-refractivity contribution in [1.82, 2.24) is 4.57 Å². The molecular formula is C15H11BrN2OS. The van der Waals surface area contributed by atoms with Gasteiger partial charge in [-0.25, -0.2) is 0 Å². The molecule has 1 N–H and O–H groups in total. The molecule has 0 aliphatic rings. The first kappa shape index (κ1) is 13.1. The fourth-order valence-electron chi connectivity index (χ4n) is 1.88. The van der Waals surface area contributed by atoms with Crippen LogP contribution in [0.4, 0.5) is 5.69 Å². The lowest BCUT2D eigenvalue weighted by Gasteiger charge is -2.07. The lowest BCUT2D eigenvalue weighted by molar-refractivity contribution is 0.103. The molecule has 0 fully saturated rings. The highest BCUT2D eigenvalue weighted by molar-refractivity contribution is 9.11. The predicted octanol–water partition coefficient (Wildman–Crippen LogP) is 4.55. The first-order valence-electron chi connectivity index (χ1n) is 6.02. The lowest BCUT2D eigenvalue weighted by atomic mass is 10.2. The molecule has 1 amide bonds. The van der Waals surface area contributed by atoms with Crippen LogP contribution < -0.4 is 5.32 Å². The Labute approximate surface area is 129 Å². The second kappa shape index (κ2) is 5.64. The molecule has 0 spiro atoms. The molecule has 5 heteroatoms. The molecular weight excluding hydrogens is 336 g/mol. The minimum Gasteiger partial charge on any atom is -0.324 e. The largest absolute Gasteiger partial charge is 0.324 e. The topological polar surface area (TPSA) is 34.0 Å². The third-order valence-corrected chi connectivity index (χ3v) is 4.43. The van der Waals surface area contributed by atoms with Gasteiger partial charge in [0, 0.05) is 23.8 Å². The molecule has 3 aromatic rings. The number of nitrogens with zero attached hydrogens (tertiary/aromatic N) is 1. The molecule has 0 aliphatic carbocycles. The summed E-state index contributed by atoms with van der Waals surface area (Å²) < 4.78 is 2.95. The molecule has 0 saturated heterocycles. The summed E-state index contributed by atoms with van der Waals surface area (Å²) in [5.74, 6) is -0.0923. The van der Waals surface area contributed by atoms with E-state index in [9.17, 15) is 4.79 Å². The van der Waals surface area contributed by atoms with Gasteiger partial charge in [-0.15, -0.1) is 11.3 Å². The van der Waals surface area contributed by atoms with E-state index in [0.29, 0.717) is 4.88 Å². The predicted molar refractivity (Wildman–Crippen MR) is 85.7 cm³/mol. The molecule has 2 heterocycles. The van der Waals surface area contributed by atoms with Crippen LogP contribution in [0.5, 0.6) is 0 Å². The van der Waals surface area contributed by atoms with Gasteiger partial charge in [0.15, 0.2) is 0 Å². The van der Waals surface area contributed by atoms with Gasteiger partial charge in [-0.1, -0.05) is 6.07 Å². The standard InChI is InChI=1S/C15H11BrN2OS/c16-14-7-6-13(20-14)15(19)17-11-4-3-5-12(10-11)18-8-1-2-9-18/h1-10H,(H,17,19). The van der Waals surface area contributed by atoms with Crippen LogP contribution in [-0.4, -0.2) is 10.5 Å². The van der Waals surface area contributed by atoms with Crippen molar-refractivity contribution in [3.05, 3.63) is 69.6 Å². The summed E-state index contributed by atoms with van der Waals surface area (Å²) in [6, 6.07) is 15.4. The molecule has 2 aromatic heterocycles. The SMILES string of the molecule is O=C(Nc1cccc(-n2cccc2)c1)c1ccc(Br)s1. The van der Waals surface area contributed by atoms with Crippen molar-refractivity contribution in [2.24, 2.45) is 0 Å². The van der Waals surface area contributed by atoms with E-state index >= 15 is 0 Å². The van der Waals surface area contributed by atoms with E-state index in [0.717, 1.165) is 15.2 Å². The number of nitrogens with one attached hydrogen (secondary N) is 1. The van der Waals surface area contributed by atoms with Crippen molar-refractivity contribution in [2.45, 2.75) is 0 Å². The highest BCUT2D eigenvalue weighted by atomic mass is 79.9. The summed E-state index contributed by atoms with van der Waals surface area (Å²) in [7, 11) is 0. The fraction of sp³-hybridized carbons (Fsp3) is 0. The number of halogens is 1. The number of anilines is 1. The van der Waals surface area contributed by atoms with E-state index in [-0.39, 0.29) is 5.91 Å². The molecule has 0 saturated carbocycles. The summed E-state index contributed by atoms with van der Waals surface area (Å²) in [5, 5.41) is 2.91. The quantitative estimate of drug-likeness (QED) is 0.741. The van der Waals surface area contributed by atoms with Gasteiger partial charge in [0.1, 0.15) is 0 Å². The first-order chi connectivity index (χ1) is 9.72. The van der Waals surface area contributed by atoms with E-state index in [1.54, 1.807) is 6.07 Å². The molecule has 0 atom stereocenters. The Morgan fingerprint density at radius 3 is 2.60 bits per heavy atom. The zero-order chi connectivity index (χ0) is 13.9. The number of hydrogen-bond acceptors (Lipinski definition) is 2.